The molecule has 2 aliphatic rings. The van der Waals surface area contributed by atoms with Gasteiger partial charge in [0.25, 0.3) is 0 Å². The maximum Gasteiger partial charge on any atom is 0.236 e. The Morgan fingerprint density at radius 3 is 2.55 bits per heavy atom. The number of carbonyl (C=O) groups is 1. The first-order chi connectivity index (χ1) is 14.2. The van der Waals surface area contributed by atoms with Crippen LogP contribution in [-0.2, 0) is 17.8 Å². The highest BCUT2D eigenvalue weighted by Crippen LogP contribution is 2.40. The lowest BCUT2D eigenvalue weighted by atomic mass is 10.00. The van der Waals surface area contributed by atoms with E-state index in [9.17, 15) is 4.79 Å². The van der Waals surface area contributed by atoms with Crippen LogP contribution in [0, 0.1) is 0 Å². The monoisotopic (exact) mass is 404 g/mol. The quantitative estimate of drug-likeness (QED) is 0.598. The molecule has 29 heavy (non-hydrogen) atoms. The minimum absolute atomic E-state index is 0.161. The van der Waals surface area contributed by atoms with Crippen LogP contribution in [0.1, 0.15) is 42.6 Å². The number of hydrogen-bond acceptors (Lipinski definition) is 4. The van der Waals surface area contributed by atoms with Crippen LogP contribution in [-0.4, -0.2) is 37.4 Å². The van der Waals surface area contributed by atoms with Crippen molar-refractivity contribution in [2.45, 2.75) is 49.1 Å². The van der Waals surface area contributed by atoms with E-state index in [1.165, 1.54) is 22.9 Å². The van der Waals surface area contributed by atoms with E-state index in [2.05, 4.69) is 30.3 Å². The zero-order valence-corrected chi connectivity index (χ0v) is 17.3. The van der Waals surface area contributed by atoms with E-state index in [-0.39, 0.29) is 11.2 Å². The summed E-state index contributed by atoms with van der Waals surface area (Å²) in [5.41, 5.74) is 3.64. The van der Waals surface area contributed by atoms with Gasteiger partial charge in [0.15, 0.2) is 0 Å². The second-order valence-electron chi connectivity index (χ2n) is 7.81. The van der Waals surface area contributed by atoms with Crippen molar-refractivity contribution >= 4 is 17.7 Å². The third-order valence-corrected chi connectivity index (χ3v) is 6.57. The molecule has 0 saturated heterocycles. The number of rotatable bonds is 5. The number of para-hydroxylation sites is 1. The maximum atomic E-state index is 13.1. The van der Waals surface area contributed by atoms with Gasteiger partial charge in [-0.3, -0.25) is 4.79 Å². The molecule has 0 radical (unpaired) electrons. The molecule has 1 aliphatic heterocycles. The Morgan fingerprint density at radius 2 is 1.79 bits per heavy atom. The molecule has 5 rings (SSSR count). The lowest BCUT2D eigenvalue weighted by Crippen LogP contribution is -2.40. The molecule has 1 aromatic heterocycles. The van der Waals surface area contributed by atoms with E-state index >= 15 is 0 Å². The predicted octanol–water partition coefficient (Wildman–Crippen LogP) is 4.21. The van der Waals surface area contributed by atoms with Gasteiger partial charge in [-0.05, 0) is 49.4 Å². The number of nitrogens with zero attached hydrogens (tertiary/aromatic N) is 4. The summed E-state index contributed by atoms with van der Waals surface area (Å²) >= 11 is 1.47. The molecule has 1 fully saturated rings. The van der Waals surface area contributed by atoms with Gasteiger partial charge < -0.3 is 4.90 Å². The number of fused-ring (bicyclic) bond motifs is 1. The number of amides is 1. The Bertz CT molecular complexity index is 1030. The molecule has 2 aromatic carbocycles. The summed E-state index contributed by atoms with van der Waals surface area (Å²) in [6, 6.07) is 18.5. The van der Waals surface area contributed by atoms with Gasteiger partial charge in [0.2, 0.25) is 11.1 Å². The molecule has 1 unspecified atom stereocenters. The van der Waals surface area contributed by atoms with Crippen LogP contribution in [0.4, 0.5) is 0 Å². The van der Waals surface area contributed by atoms with E-state index in [4.69, 9.17) is 10.1 Å². The van der Waals surface area contributed by atoms with Crippen molar-refractivity contribution in [3.63, 3.8) is 0 Å². The number of benzene rings is 2. The summed E-state index contributed by atoms with van der Waals surface area (Å²) in [7, 11) is 0. The number of aromatic nitrogens is 3. The summed E-state index contributed by atoms with van der Waals surface area (Å²) in [5, 5.41) is 5.22. The van der Waals surface area contributed by atoms with E-state index in [0.29, 0.717) is 17.6 Å². The van der Waals surface area contributed by atoms with E-state index in [0.717, 1.165) is 37.3 Å². The molecular formula is C23H24N4OS. The third kappa shape index (κ3) is 3.81. The molecule has 0 bridgehead atoms. The highest BCUT2D eigenvalue weighted by Gasteiger charge is 2.32. The molecule has 0 N–H and O–H groups in total. The van der Waals surface area contributed by atoms with Crippen LogP contribution in [0.2, 0.25) is 0 Å². The van der Waals surface area contributed by atoms with Gasteiger partial charge in [0.05, 0.1) is 10.9 Å². The van der Waals surface area contributed by atoms with Gasteiger partial charge in [-0.25, -0.2) is 9.67 Å². The van der Waals surface area contributed by atoms with Gasteiger partial charge in [0.1, 0.15) is 5.82 Å². The van der Waals surface area contributed by atoms with Crippen molar-refractivity contribution in [1.29, 1.82) is 0 Å². The molecule has 3 aromatic rings. The molecule has 1 saturated carbocycles. The Labute approximate surface area is 175 Å². The zero-order valence-electron chi connectivity index (χ0n) is 16.5. The summed E-state index contributed by atoms with van der Waals surface area (Å²) in [4.78, 5) is 19.8. The van der Waals surface area contributed by atoms with Crippen molar-refractivity contribution in [2.24, 2.45) is 0 Å². The minimum atomic E-state index is -0.209. The third-order valence-electron chi connectivity index (χ3n) is 5.63. The fourth-order valence-corrected chi connectivity index (χ4v) is 4.71. The van der Waals surface area contributed by atoms with Crippen LogP contribution in [0.3, 0.4) is 0 Å². The molecule has 1 amide bonds. The van der Waals surface area contributed by atoms with Crippen molar-refractivity contribution in [3.05, 3.63) is 71.5 Å². The largest absolute Gasteiger partial charge is 0.337 e. The Kier molecular flexibility index (Phi) is 4.87. The Hall–Kier alpha value is -2.60. The Balaban J connectivity index is 1.32. The summed E-state index contributed by atoms with van der Waals surface area (Å²) in [6.07, 6.45) is 3.25. The van der Waals surface area contributed by atoms with E-state index in [1.54, 1.807) is 0 Å². The number of hydrogen-bond donors (Lipinski definition) is 0. The second kappa shape index (κ2) is 7.67. The molecular weight excluding hydrogens is 380 g/mol. The van der Waals surface area contributed by atoms with Crippen LogP contribution in [0.25, 0.3) is 5.69 Å². The van der Waals surface area contributed by atoms with Crippen molar-refractivity contribution < 1.29 is 4.79 Å². The average molecular weight is 405 g/mol. The van der Waals surface area contributed by atoms with Gasteiger partial charge in [-0.15, -0.1) is 5.10 Å². The van der Waals surface area contributed by atoms with Crippen molar-refractivity contribution in [3.8, 4) is 5.69 Å². The van der Waals surface area contributed by atoms with Gasteiger partial charge >= 0.3 is 0 Å². The van der Waals surface area contributed by atoms with Crippen LogP contribution in [0.5, 0.6) is 0 Å². The SMILES string of the molecule is CC(Sc1nc(C2CC2)n(-c2ccccc2)n1)C(=O)N1CCc2ccccc2C1. The lowest BCUT2D eigenvalue weighted by molar-refractivity contribution is -0.131. The second-order valence-corrected chi connectivity index (χ2v) is 9.12. The van der Waals surface area contributed by atoms with Crippen LogP contribution < -0.4 is 0 Å². The normalized spacial score (nSPS) is 17.1. The average Bonchev–Trinajstić information content (AvgIpc) is 3.53. The molecule has 5 nitrogen and oxygen atoms in total. The fourth-order valence-electron chi connectivity index (χ4n) is 3.87. The fraction of sp³-hybridized carbons (Fsp3) is 0.348. The Morgan fingerprint density at radius 1 is 1.07 bits per heavy atom. The van der Waals surface area contributed by atoms with Gasteiger partial charge in [-0.2, -0.15) is 0 Å². The maximum absolute atomic E-state index is 13.1. The van der Waals surface area contributed by atoms with Crippen LogP contribution >= 0.6 is 11.8 Å². The first-order valence-electron chi connectivity index (χ1n) is 10.2. The zero-order chi connectivity index (χ0) is 19.8. The van der Waals surface area contributed by atoms with Gasteiger partial charge in [-0.1, -0.05) is 54.2 Å². The summed E-state index contributed by atoms with van der Waals surface area (Å²) in [5.74, 6) is 1.67. The first kappa shape index (κ1) is 18.4. The first-order valence-corrected chi connectivity index (χ1v) is 11.1. The van der Waals surface area contributed by atoms with Gasteiger partial charge in [0, 0.05) is 19.0 Å². The van der Waals surface area contributed by atoms with Crippen LogP contribution in [0.15, 0.2) is 59.8 Å². The molecule has 148 valence electrons. The molecule has 1 atom stereocenters. The molecule has 1 aliphatic carbocycles. The van der Waals surface area contributed by atoms with E-state index < -0.39 is 0 Å². The highest BCUT2D eigenvalue weighted by molar-refractivity contribution is 8.00. The van der Waals surface area contributed by atoms with Crippen molar-refractivity contribution in [1.82, 2.24) is 19.7 Å². The van der Waals surface area contributed by atoms with Crippen molar-refractivity contribution in [2.75, 3.05) is 6.54 Å². The summed E-state index contributed by atoms with van der Waals surface area (Å²) in [6.45, 7) is 3.44. The number of carbonyl (C=O) groups excluding carboxylic acids is 1. The molecule has 2 heterocycles. The standard InChI is InChI=1S/C23H24N4OS/c1-16(22(28)26-14-13-17-7-5-6-8-19(17)15-26)29-23-24-21(18-11-12-18)27(25-23)20-9-3-2-4-10-20/h2-10,16,18H,11-15H2,1H3. The molecule has 6 heteroatoms. The van der Waals surface area contributed by atoms with E-state index in [1.807, 2.05) is 40.8 Å². The highest BCUT2D eigenvalue weighted by atomic mass is 32.2. The summed E-state index contributed by atoms with van der Waals surface area (Å²) < 4.78 is 1.95. The number of thioether (sulfide) groups is 1. The minimum Gasteiger partial charge on any atom is -0.337 e. The topological polar surface area (TPSA) is 51.0 Å². The molecule has 0 spiro atoms. The lowest BCUT2D eigenvalue weighted by Gasteiger charge is -2.30. The predicted molar refractivity (Wildman–Crippen MR) is 114 cm³/mol. The smallest absolute Gasteiger partial charge is 0.236 e.